The van der Waals surface area contributed by atoms with Gasteiger partial charge in [-0.05, 0) is 25.5 Å². The van der Waals surface area contributed by atoms with E-state index in [1.165, 1.54) is 10.9 Å². The van der Waals surface area contributed by atoms with E-state index >= 15 is 0 Å². The van der Waals surface area contributed by atoms with Crippen molar-refractivity contribution in [1.82, 2.24) is 29.8 Å². The Bertz CT molecular complexity index is 1560. The van der Waals surface area contributed by atoms with Gasteiger partial charge in [0.2, 0.25) is 0 Å². The van der Waals surface area contributed by atoms with Crippen molar-refractivity contribution < 1.29 is 28.6 Å². The summed E-state index contributed by atoms with van der Waals surface area (Å²) in [5.74, 6) is 0.0944. The molecule has 0 bridgehead atoms. The van der Waals surface area contributed by atoms with Gasteiger partial charge in [-0.15, -0.1) is 0 Å². The highest BCUT2D eigenvalue weighted by atomic mass is 16.6. The molecule has 4 aromatic rings. The lowest BCUT2D eigenvalue weighted by atomic mass is 10.1. The van der Waals surface area contributed by atoms with Crippen LogP contribution in [0.15, 0.2) is 49.1 Å². The molecule has 0 aliphatic carbocycles. The van der Waals surface area contributed by atoms with Gasteiger partial charge in [0.05, 0.1) is 19.1 Å². The van der Waals surface area contributed by atoms with E-state index in [2.05, 4.69) is 20.3 Å². The van der Waals surface area contributed by atoms with Crippen LogP contribution in [0.1, 0.15) is 28.4 Å². The number of aliphatic hydroxyl groups excluding tert-OH is 2. The number of hydrogen-bond donors (Lipinski definition) is 4. The van der Waals surface area contributed by atoms with Gasteiger partial charge in [0, 0.05) is 29.4 Å². The third-order valence-electron chi connectivity index (χ3n) is 6.14. The predicted molar refractivity (Wildman–Crippen MR) is 138 cm³/mol. The lowest BCUT2D eigenvalue weighted by Gasteiger charge is -2.17. The van der Waals surface area contributed by atoms with E-state index in [1.807, 2.05) is 38.1 Å². The fourth-order valence-electron chi connectivity index (χ4n) is 4.33. The molecule has 12 heteroatoms. The fourth-order valence-corrected chi connectivity index (χ4v) is 4.33. The average molecular weight is 523 g/mol. The van der Waals surface area contributed by atoms with Crippen LogP contribution in [-0.4, -0.2) is 72.5 Å². The first-order valence-corrected chi connectivity index (χ1v) is 12.0. The van der Waals surface area contributed by atoms with Crippen LogP contribution >= 0.6 is 0 Å². The minimum absolute atomic E-state index is 0.233. The first kappa shape index (κ1) is 21.9. The molecule has 38 heavy (non-hydrogen) atoms. The molecule has 0 spiro atoms. The number of fused-ring (bicyclic) bond motifs is 1. The second-order valence-electron chi connectivity index (χ2n) is 8.82. The Morgan fingerprint density at radius 2 is 2.11 bits per heavy atom. The topological polar surface area (TPSA) is 157 Å². The molecule has 4 atom stereocenters. The summed E-state index contributed by atoms with van der Waals surface area (Å²) >= 11 is 0. The second kappa shape index (κ2) is 10.7. The summed E-state index contributed by atoms with van der Waals surface area (Å²) in [6, 6.07) is 9.70. The maximum atomic E-state index is 12.5. The molecular weight excluding hydrogens is 490 g/mol. The first-order chi connectivity index (χ1) is 19.5. The van der Waals surface area contributed by atoms with Crippen molar-refractivity contribution in [2.24, 2.45) is 0 Å². The molecule has 3 aromatic heterocycles. The number of imidazole rings is 1. The van der Waals surface area contributed by atoms with Crippen LogP contribution in [0.4, 0.5) is 5.82 Å². The smallest absolute Gasteiger partial charge is 0.251 e. The number of amides is 1. The number of carbonyl (C=O) groups excluding carboxylic acids is 1. The molecule has 1 aliphatic heterocycles. The standard InChI is InChI=1S/C26H29N7O5/c1-4-37-17-9-16(11-28-12-17)22-31-23(29-10-15-7-5-6-14(2)8-15)18-24(32-22)33(13-30-18)26-20(35)19(34)21(38-26)25(36)27-3/h5-9,11-13,19-21,26,34-35H,4,10H2,1-3H3,(H,27,36)(H,29,31,32)/t19-,20+,21-,26+/m0/s1/i3D3. The number of rotatable bonds is 8. The molecule has 1 fully saturated rings. The number of aliphatic hydroxyl groups is 2. The van der Waals surface area contributed by atoms with Crippen LogP contribution in [0.5, 0.6) is 5.75 Å². The number of ether oxygens (including phenoxy) is 2. The summed E-state index contributed by atoms with van der Waals surface area (Å²) in [4.78, 5) is 30.5. The van der Waals surface area contributed by atoms with E-state index in [4.69, 9.17) is 18.6 Å². The molecule has 1 saturated heterocycles. The van der Waals surface area contributed by atoms with E-state index in [9.17, 15) is 15.0 Å². The number of likely N-dealkylation sites (N-methyl/N-ethyl adjacent to an activating group) is 1. The van der Waals surface area contributed by atoms with E-state index in [0.717, 1.165) is 11.1 Å². The summed E-state index contributed by atoms with van der Waals surface area (Å²) in [5, 5.41) is 26.4. The number of nitrogens with one attached hydrogen (secondary N) is 2. The minimum Gasteiger partial charge on any atom is -0.492 e. The Morgan fingerprint density at radius 1 is 1.24 bits per heavy atom. The highest BCUT2D eigenvalue weighted by Gasteiger charge is 2.47. The molecule has 198 valence electrons. The Labute approximate surface area is 222 Å². The van der Waals surface area contributed by atoms with Gasteiger partial charge in [-0.1, -0.05) is 29.8 Å². The molecule has 0 radical (unpaired) electrons. The third kappa shape index (κ3) is 4.88. The molecule has 4 N–H and O–H groups in total. The largest absolute Gasteiger partial charge is 0.492 e. The minimum atomic E-state index is -2.80. The molecule has 0 unspecified atom stereocenters. The Morgan fingerprint density at radius 3 is 2.89 bits per heavy atom. The highest BCUT2D eigenvalue weighted by molar-refractivity contribution is 5.85. The quantitative estimate of drug-likeness (QED) is 0.268. The zero-order valence-corrected chi connectivity index (χ0v) is 20.7. The van der Waals surface area contributed by atoms with Gasteiger partial charge in [-0.2, -0.15) is 0 Å². The number of aryl methyl sites for hydroxylation is 1. The van der Waals surface area contributed by atoms with E-state index < -0.39 is 37.4 Å². The Balaban J connectivity index is 1.55. The van der Waals surface area contributed by atoms with Gasteiger partial charge in [-0.25, -0.2) is 15.0 Å². The Kier molecular flexibility index (Phi) is 6.17. The maximum Gasteiger partial charge on any atom is 0.251 e. The van der Waals surface area contributed by atoms with Crippen molar-refractivity contribution >= 4 is 22.9 Å². The van der Waals surface area contributed by atoms with Gasteiger partial charge >= 0.3 is 0 Å². The highest BCUT2D eigenvalue weighted by Crippen LogP contribution is 2.34. The van der Waals surface area contributed by atoms with Crippen molar-refractivity contribution in [2.75, 3.05) is 18.9 Å². The van der Waals surface area contributed by atoms with Crippen LogP contribution in [0.3, 0.4) is 0 Å². The molecule has 0 saturated carbocycles. The van der Waals surface area contributed by atoms with E-state index in [0.29, 0.717) is 35.8 Å². The molecular formula is C26H29N7O5. The van der Waals surface area contributed by atoms with Gasteiger partial charge < -0.3 is 30.3 Å². The number of hydrogen-bond acceptors (Lipinski definition) is 10. The van der Waals surface area contributed by atoms with Crippen molar-refractivity contribution in [3.63, 3.8) is 0 Å². The van der Waals surface area contributed by atoms with Crippen LogP contribution < -0.4 is 15.4 Å². The van der Waals surface area contributed by atoms with Crippen molar-refractivity contribution in [2.45, 2.75) is 44.9 Å². The maximum absolute atomic E-state index is 12.5. The van der Waals surface area contributed by atoms with Crippen LogP contribution in [0.2, 0.25) is 0 Å². The fraction of sp³-hybridized carbons (Fsp3) is 0.346. The van der Waals surface area contributed by atoms with Crippen molar-refractivity contribution in [3.05, 3.63) is 60.2 Å². The monoisotopic (exact) mass is 522 g/mol. The summed E-state index contributed by atoms with van der Waals surface area (Å²) in [7, 11) is 0. The van der Waals surface area contributed by atoms with Gasteiger partial charge in [0.25, 0.3) is 5.91 Å². The SMILES string of the molecule is [2H]C([2H])([2H])NC(=O)[C@H]1O[C@@H](n2cnc3c(NCc4cccc(C)c4)nc(-c4cncc(OCC)c4)nc32)[C@H](O)[C@@H]1O. The lowest BCUT2D eigenvalue weighted by Crippen LogP contribution is -2.41. The number of pyridine rings is 1. The summed E-state index contributed by atoms with van der Waals surface area (Å²) < 4.78 is 34.4. The van der Waals surface area contributed by atoms with E-state index in [-0.39, 0.29) is 11.5 Å². The van der Waals surface area contributed by atoms with Gasteiger partial charge in [-0.3, -0.25) is 14.3 Å². The zero-order chi connectivity index (χ0) is 29.3. The normalized spacial score (nSPS) is 22.5. The molecule has 12 nitrogen and oxygen atoms in total. The summed E-state index contributed by atoms with van der Waals surface area (Å²) in [6.07, 6.45) is -1.74. The van der Waals surface area contributed by atoms with Gasteiger partial charge in [0.1, 0.15) is 18.0 Å². The summed E-state index contributed by atoms with van der Waals surface area (Å²) in [5.41, 5.74) is 3.24. The Hall–Kier alpha value is -4.13. The average Bonchev–Trinajstić information content (AvgIpc) is 3.47. The van der Waals surface area contributed by atoms with Crippen LogP contribution in [0, 0.1) is 6.92 Å². The first-order valence-electron chi connectivity index (χ1n) is 13.5. The predicted octanol–water partition coefficient (Wildman–Crippen LogP) is 1.57. The lowest BCUT2D eigenvalue weighted by molar-refractivity contribution is -0.137. The van der Waals surface area contributed by atoms with Gasteiger partial charge in [0.15, 0.2) is 35.1 Å². The molecule has 4 heterocycles. The second-order valence-corrected chi connectivity index (χ2v) is 8.82. The van der Waals surface area contributed by atoms with Crippen molar-refractivity contribution in [3.8, 4) is 17.1 Å². The molecule has 1 aromatic carbocycles. The number of anilines is 1. The molecule has 1 aliphatic rings. The number of benzene rings is 1. The number of nitrogens with zero attached hydrogens (tertiary/aromatic N) is 5. The molecule has 5 rings (SSSR count). The number of carbonyl (C=O) groups is 1. The van der Waals surface area contributed by atoms with Crippen LogP contribution in [0.25, 0.3) is 22.6 Å². The number of aromatic nitrogens is 5. The zero-order valence-electron chi connectivity index (χ0n) is 23.7. The van der Waals surface area contributed by atoms with Crippen molar-refractivity contribution in [1.29, 1.82) is 0 Å². The summed E-state index contributed by atoms with van der Waals surface area (Å²) in [6.45, 7) is 1.92. The van der Waals surface area contributed by atoms with E-state index in [1.54, 1.807) is 23.8 Å². The third-order valence-corrected chi connectivity index (χ3v) is 6.14. The molecule has 1 amide bonds. The van der Waals surface area contributed by atoms with Crippen LogP contribution in [-0.2, 0) is 16.1 Å².